The highest BCUT2D eigenvalue weighted by molar-refractivity contribution is 7.92. The molecule has 0 aromatic heterocycles. The first-order chi connectivity index (χ1) is 11.8. The summed E-state index contributed by atoms with van der Waals surface area (Å²) in [4.78, 5) is 12.3. The fourth-order valence-corrected chi connectivity index (χ4v) is 3.21. The Labute approximate surface area is 152 Å². The molecule has 1 N–H and O–H groups in total. The molecule has 8 heteroatoms. The fraction of sp³-hybridized carbons (Fsp3) is 0.235. The van der Waals surface area contributed by atoms with Gasteiger partial charge in [-0.2, -0.15) is 0 Å². The number of nitrogens with one attached hydrogen (secondary N) is 1. The molecule has 0 heterocycles. The average Bonchev–Trinajstić information content (AvgIpc) is 2.61. The second-order valence-corrected chi connectivity index (χ2v) is 7.91. The molecule has 0 saturated heterocycles. The zero-order valence-corrected chi connectivity index (χ0v) is 15.7. The summed E-state index contributed by atoms with van der Waals surface area (Å²) in [6, 6.07) is 11.2. The number of ether oxygens (including phenoxy) is 1. The van der Waals surface area contributed by atoms with E-state index >= 15 is 0 Å². The van der Waals surface area contributed by atoms with Crippen LogP contribution in [0.2, 0.25) is 5.02 Å². The number of halogens is 1. The van der Waals surface area contributed by atoms with Gasteiger partial charge in [0.25, 0.3) is 5.91 Å². The van der Waals surface area contributed by atoms with E-state index in [2.05, 4.69) is 5.32 Å². The van der Waals surface area contributed by atoms with Crippen LogP contribution in [0.3, 0.4) is 0 Å². The molecule has 2 aromatic carbocycles. The van der Waals surface area contributed by atoms with Crippen molar-refractivity contribution in [3.63, 3.8) is 0 Å². The van der Waals surface area contributed by atoms with E-state index in [0.29, 0.717) is 27.7 Å². The molecule has 0 spiro atoms. The monoisotopic (exact) mass is 382 g/mol. The molecule has 0 saturated carbocycles. The quantitative estimate of drug-likeness (QED) is 0.830. The molecule has 25 heavy (non-hydrogen) atoms. The number of carbonyl (C=O) groups excluding carboxylic acids is 1. The zero-order valence-electron chi connectivity index (χ0n) is 14.1. The van der Waals surface area contributed by atoms with E-state index in [1.807, 2.05) is 0 Å². The number of carbonyl (C=O) groups is 1. The number of hydrogen-bond donors (Lipinski definition) is 1. The first kappa shape index (κ1) is 19.1. The summed E-state index contributed by atoms with van der Waals surface area (Å²) in [5, 5.41) is 3.12. The summed E-state index contributed by atoms with van der Waals surface area (Å²) in [5.74, 6) is 0.197. The van der Waals surface area contributed by atoms with Crippen LogP contribution in [0.4, 0.5) is 11.4 Å². The van der Waals surface area contributed by atoms with Gasteiger partial charge in [-0.15, -0.1) is 0 Å². The molecule has 0 aliphatic heterocycles. The van der Waals surface area contributed by atoms with Crippen molar-refractivity contribution >= 4 is 38.9 Å². The summed E-state index contributed by atoms with van der Waals surface area (Å²) in [7, 11) is -0.348. The van der Waals surface area contributed by atoms with Gasteiger partial charge in [0, 0.05) is 18.3 Å². The summed E-state index contributed by atoms with van der Waals surface area (Å²) >= 11 is 6.03. The highest BCUT2D eigenvalue weighted by Crippen LogP contribution is 2.27. The molecule has 0 radical (unpaired) electrons. The van der Waals surface area contributed by atoms with Crippen LogP contribution < -0.4 is 14.4 Å². The molecule has 0 atom stereocenters. The predicted molar refractivity (Wildman–Crippen MR) is 100 cm³/mol. The standard InChI is InChI=1S/C17H19ClN2O4S/c1-4-25(22,23)20(2)14-8-5-12(6-9-14)17(21)19-13-7-10-16(24-3)15(18)11-13/h5-11H,4H2,1-3H3,(H,19,21). The fourth-order valence-electron chi connectivity index (χ4n) is 2.12. The molecule has 2 aromatic rings. The minimum absolute atomic E-state index is 0.00394. The molecule has 1 amide bonds. The normalized spacial score (nSPS) is 11.0. The number of nitrogens with zero attached hydrogens (tertiary/aromatic N) is 1. The topological polar surface area (TPSA) is 75.7 Å². The number of rotatable bonds is 6. The van der Waals surface area contributed by atoms with Crippen molar-refractivity contribution < 1.29 is 17.9 Å². The van der Waals surface area contributed by atoms with Crippen LogP contribution in [0.25, 0.3) is 0 Å². The molecule has 2 rings (SSSR count). The van der Waals surface area contributed by atoms with Gasteiger partial charge in [-0.05, 0) is 49.4 Å². The maximum absolute atomic E-state index is 12.3. The van der Waals surface area contributed by atoms with Crippen molar-refractivity contribution in [1.29, 1.82) is 0 Å². The zero-order chi connectivity index (χ0) is 18.6. The second kappa shape index (κ2) is 7.76. The van der Waals surface area contributed by atoms with Gasteiger partial charge in [-0.3, -0.25) is 9.10 Å². The number of hydrogen-bond acceptors (Lipinski definition) is 4. The van der Waals surface area contributed by atoms with Gasteiger partial charge in [-0.1, -0.05) is 11.6 Å². The van der Waals surface area contributed by atoms with E-state index in [-0.39, 0.29) is 11.7 Å². The molecule has 134 valence electrons. The Kier molecular flexibility index (Phi) is 5.92. The van der Waals surface area contributed by atoms with Crippen LogP contribution in [-0.4, -0.2) is 34.2 Å². The lowest BCUT2D eigenvalue weighted by molar-refractivity contribution is 0.102. The Morgan fingerprint density at radius 1 is 1.20 bits per heavy atom. The molecular weight excluding hydrogens is 364 g/mol. The third kappa shape index (κ3) is 4.43. The summed E-state index contributed by atoms with van der Waals surface area (Å²) in [6.07, 6.45) is 0. The molecular formula is C17H19ClN2O4S. The Morgan fingerprint density at radius 3 is 2.36 bits per heavy atom. The van der Waals surface area contributed by atoms with Gasteiger partial charge in [-0.25, -0.2) is 8.42 Å². The third-order valence-electron chi connectivity index (χ3n) is 3.68. The maximum Gasteiger partial charge on any atom is 0.255 e. The predicted octanol–water partition coefficient (Wildman–Crippen LogP) is 3.39. The van der Waals surface area contributed by atoms with Crippen LogP contribution in [0.1, 0.15) is 17.3 Å². The van der Waals surface area contributed by atoms with Crippen LogP contribution >= 0.6 is 11.6 Å². The van der Waals surface area contributed by atoms with Gasteiger partial charge in [0.15, 0.2) is 0 Å². The molecule has 0 bridgehead atoms. The second-order valence-electron chi connectivity index (χ2n) is 5.22. The molecule has 0 unspecified atom stereocenters. The minimum Gasteiger partial charge on any atom is -0.495 e. The van der Waals surface area contributed by atoms with Crippen LogP contribution in [0, 0.1) is 0 Å². The highest BCUT2D eigenvalue weighted by Gasteiger charge is 2.16. The Balaban J connectivity index is 2.14. The third-order valence-corrected chi connectivity index (χ3v) is 5.76. The van der Waals surface area contributed by atoms with E-state index < -0.39 is 10.0 Å². The van der Waals surface area contributed by atoms with E-state index in [9.17, 15) is 13.2 Å². The largest absolute Gasteiger partial charge is 0.495 e. The average molecular weight is 383 g/mol. The Bertz CT molecular complexity index is 867. The minimum atomic E-state index is -3.34. The number of amides is 1. The molecule has 0 aliphatic carbocycles. The van der Waals surface area contributed by atoms with Gasteiger partial charge in [0.2, 0.25) is 10.0 Å². The van der Waals surface area contributed by atoms with Crippen LogP contribution in [-0.2, 0) is 10.0 Å². The number of sulfonamides is 1. The number of benzene rings is 2. The van der Waals surface area contributed by atoms with Gasteiger partial charge < -0.3 is 10.1 Å². The summed E-state index contributed by atoms with van der Waals surface area (Å²) in [6.45, 7) is 1.58. The van der Waals surface area contributed by atoms with Gasteiger partial charge in [0.1, 0.15) is 5.75 Å². The van der Waals surface area contributed by atoms with E-state index in [0.717, 1.165) is 0 Å². The lowest BCUT2D eigenvalue weighted by Crippen LogP contribution is -2.28. The number of anilines is 2. The van der Waals surface area contributed by atoms with E-state index in [4.69, 9.17) is 16.3 Å². The Morgan fingerprint density at radius 2 is 1.84 bits per heavy atom. The smallest absolute Gasteiger partial charge is 0.255 e. The summed E-state index contributed by atoms with van der Waals surface area (Å²) in [5.41, 5.74) is 1.43. The lowest BCUT2D eigenvalue weighted by Gasteiger charge is -2.18. The maximum atomic E-state index is 12.3. The van der Waals surface area contributed by atoms with Crippen molar-refractivity contribution in [3.8, 4) is 5.75 Å². The van der Waals surface area contributed by atoms with Gasteiger partial charge >= 0.3 is 0 Å². The number of methoxy groups -OCH3 is 1. The molecule has 0 fully saturated rings. The van der Waals surface area contributed by atoms with Gasteiger partial charge in [0.05, 0.1) is 23.6 Å². The van der Waals surface area contributed by atoms with Crippen molar-refractivity contribution in [2.45, 2.75) is 6.92 Å². The summed E-state index contributed by atoms with van der Waals surface area (Å²) < 4.78 is 30.0. The van der Waals surface area contributed by atoms with E-state index in [1.165, 1.54) is 18.5 Å². The molecule has 0 aliphatic rings. The first-order valence-electron chi connectivity index (χ1n) is 7.50. The van der Waals surface area contributed by atoms with Crippen molar-refractivity contribution in [1.82, 2.24) is 0 Å². The van der Waals surface area contributed by atoms with E-state index in [1.54, 1.807) is 49.4 Å². The van der Waals surface area contributed by atoms with Crippen molar-refractivity contribution in [3.05, 3.63) is 53.1 Å². The Hall–Kier alpha value is -2.25. The van der Waals surface area contributed by atoms with Crippen molar-refractivity contribution in [2.75, 3.05) is 29.5 Å². The lowest BCUT2D eigenvalue weighted by atomic mass is 10.2. The first-order valence-corrected chi connectivity index (χ1v) is 9.48. The highest BCUT2D eigenvalue weighted by atomic mass is 35.5. The molecule has 6 nitrogen and oxygen atoms in total. The van der Waals surface area contributed by atoms with Crippen LogP contribution in [0.15, 0.2) is 42.5 Å². The van der Waals surface area contributed by atoms with Crippen LogP contribution in [0.5, 0.6) is 5.75 Å². The van der Waals surface area contributed by atoms with Crippen molar-refractivity contribution in [2.24, 2.45) is 0 Å². The SMILES string of the molecule is CCS(=O)(=O)N(C)c1ccc(C(=O)Nc2ccc(OC)c(Cl)c2)cc1.